The summed E-state index contributed by atoms with van der Waals surface area (Å²) < 4.78 is 11.7. The third-order valence-corrected chi connectivity index (χ3v) is 3.37. The van der Waals surface area contributed by atoms with Crippen LogP contribution in [0.4, 0.5) is 0 Å². The van der Waals surface area contributed by atoms with E-state index in [1.54, 1.807) is 0 Å². The zero-order valence-corrected chi connectivity index (χ0v) is 13.3. The minimum atomic E-state index is -0.0866. The van der Waals surface area contributed by atoms with Gasteiger partial charge in [0.25, 0.3) is 0 Å². The van der Waals surface area contributed by atoms with Gasteiger partial charge in [-0.1, -0.05) is 20.8 Å². The van der Waals surface area contributed by atoms with E-state index in [9.17, 15) is 0 Å². The maximum Gasteiger partial charge on any atom is 0.130 e. The molecule has 0 amide bonds. The normalized spacial score (nSPS) is 12.4. The third kappa shape index (κ3) is 5.79. The fourth-order valence-electron chi connectivity index (χ4n) is 1.68. The molecule has 0 aliphatic carbocycles. The standard InChI is InChI=1S/C16H29NO2/c1-7-16(5,6)18-11-14-8-13(4)15(19-14)10-17-9-12(2)3/h8,12,17H,7,9-11H2,1-6H3. The van der Waals surface area contributed by atoms with Gasteiger partial charge in [0.1, 0.15) is 18.1 Å². The predicted octanol–water partition coefficient (Wildman–Crippen LogP) is 4.04. The molecule has 0 radical (unpaired) electrons. The molecule has 0 aromatic carbocycles. The third-order valence-electron chi connectivity index (χ3n) is 3.37. The molecule has 0 saturated heterocycles. The minimum absolute atomic E-state index is 0.0866. The van der Waals surface area contributed by atoms with Crippen molar-refractivity contribution in [2.75, 3.05) is 6.54 Å². The molecule has 19 heavy (non-hydrogen) atoms. The average molecular weight is 267 g/mol. The molecular formula is C16H29NO2. The highest BCUT2D eigenvalue weighted by Gasteiger charge is 2.17. The van der Waals surface area contributed by atoms with E-state index < -0.39 is 0 Å². The van der Waals surface area contributed by atoms with Gasteiger partial charge in [-0.05, 0) is 51.3 Å². The van der Waals surface area contributed by atoms with E-state index in [1.807, 2.05) is 0 Å². The molecule has 0 aliphatic heterocycles. The smallest absolute Gasteiger partial charge is 0.130 e. The van der Waals surface area contributed by atoms with E-state index in [2.05, 4.69) is 52.9 Å². The van der Waals surface area contributed by atoms with Crippen LogP contribution in [-0.2, 0) is 17.9 Å². The van der Waals surface area contributed by atoms with Crippen LogP contribution in [0.1, 0.15) is 58.1 Å². The Morgan fingerprint density at radius 2 is 2.05 bits per heavy atom. The Labute approximate surface area is 117 Å². The highest BCUT2D eigenvalue weighted by Crippen LogP contribution is 2.20. The molecule has 0 fully saturated rings. The molecule has 0 spiro atoms. The van der Waals surface area contributed by atoms with E-state index in [0.29, 0.717) is 12.5 Å². The van der Waals surface area contributed by atoms with Crippen LogP contribution in [-0.4, -0.2) is 12.1 Å². The predicted molar refractivity (Wildman–Crippen MR) is 79.1 cm³/mol. The summed E-state index contributed by atoms with van der Waals surface area (Å²) in [4.78, 5) is 0. The summed E-state index contributed by atoms with van der Waals surface area (Å²) in [5.41, 5.74) is 1.11. The van der Waals surface area contributed by atoms with Crippen molar-refractivity contribution >= 4 is 0 Å². The highest BCUT2D eigenvalue weighted by molar-refractivity contribution is 5.19. The van der Waals surface area contributed by atoms with Crippen molar-refractivity contribution in [3.63, 3.8) is 0 Å². The summed E-state index contributed by atoms with van der Waals surface area (Å²) in [7, 11) is 0. The number of nitrogens with one attached hydrogen (secondary N) is 1. The summed E-state index contributed by atoms with van der Waals surface area (Å²) in [6.07, 6.45) is 0.996. The minimum Gasteiger partial charge on any atom is -0.462 e. The second-order valence-corrected chi connectivity index (χ2v) is 6.25. The molecule has 3 heteroatoms. The van der Waals surface area contributed by atoms with Crippen LogP contribution in [0, 0.1) is 12.8 Å². The Bertz CT molecular complexity index is 380. The van der Waals surface area contributed by atoms with Crippen LogP contribution in [0.2, 0.25) is 0 Å². The molecule has 1 aromatic rings. The van der Waals surface area contributed by atoms with Gasteiger partial charge in [0.05, 0.1) is 12.1 Å². The topological polar surface area (TPSA) is 34.4 Å². The summed E-state index contributed by atoms with van der Waals surface area (Å²) >= 11 is 0. The van der Waals surface area contributed by atoms with Gasteiger partial charge in [-0.25, -0.2) is 0 Å². The molecule has 0 atom stereocenters. The fourth-order valence-corrected chi connectivity index (χ4v) is 1.68. The molecule has 1 heterocycles. The van der Waals surface area contributed by atoms with Gasteiger partial charge >= 0.3 is 0 Å². The first kappa shape index (κ1) is 16.3. The first-order chi connectivity index (χ1) is 8.84. The van der Waals surface area contributed by atoms with Crippen LogP contribution in [0.3, 0.4) is 0 Å². The molecule has 0 aliphatic rings. The van der Waals surface area contributed by atoms with Crippen molar-refractivity contribution in [2.24, 2.45) is 5.92 Å². The van der Waals surface area contributed by atoms with E-state index in [4.69, 9.17) is 9.15 Å². The molecule has 0 bridgehead atoms. The van der Waals surface area contributed by atoms with Gasteiger partial charge in [0.2, 0.25) is 0 Å². The van der Waals surface area contributed by atoms with E-state index in [-0.39, 0.29) is 5.60 Å². The van der Waals surface area contributed by atoms with Gasteiger partial charge in [-0.3, -0.25) is 0 Å². The maximum absolute atomic E-state index is 5.86. The van der Waals surface area contributed by atoms with Crippen molar-refractivity contribution in [1.29, 1.82) is 0 Å². The van der Waals surface area contributed by atoms with Crippen LogP contribution < -0.4 is 5.32 Å². The first-order valence-corrected chi connectivity index (χ1v) is 7.27. The van der Waals surface area contributed by atoms with Gasteiger partial charge in [0.15, 0.2) is 0 Å². The molecule has 1 rings (SSSR count). The SMILES string of the molecule is CCC(C)(C)OCc1cc(C)c(CNCC(C)C)o1. The lowest BCUT2D eigenvalue weighted by Crippen LogP contribution is -2.22. The molecule has 0 saturated carbocycles. The van der Waals surface area contributed by atoms with Crippen LogP contribution in [0.5, 0.6) is 0 Å². The molecule has 1 aromatic heterocycles. The van der Waals surface area contributed by atoms with Gasteiger partial charge < -0.3 is 14.5 Å². The van der Waals surface area contributed by atoms with Crippen molar-refractivity contribution in [2.45, 2.75) is 66.7 Å². The second kappa shape index (κ2) is 7.11. The molecule has 0 unspecified atom stereocenters. The largest absolute Gasteiger partial charge is 0.462 e. The lowest BCUT2D eigenvalue weighted by molar-refractivity contribution is -0.0386. The number of ether oxygens (including phenoxy) is 1. The van der Waals surface area contributed by atoms with Crippen molar-refractivity contribution < 1.29 is 9.15 Å². The van der Waals surface area contributed by atoms with E-state index in [1.165, 1.54) is 5.56 Å². The van der Waals surface area contributed by atoms with Crippen LogP contribution >= 0.6 is 0 Å². The Hall–Kier alpha value is -0.800. The maximum atomic E-state index is 5.86. The lowest BCUT2D eigenvalue weighted by Gasteiger charge is -2.22. The highest BCUT2D eigenvalue weighted by atomic mass is 16.5. The lowest BCUT2D eigenvalue weighted by atomic mass is 10.1. The van der Waals surface area contributed by atoms with Crippen molar-refractivity contribution in [3.8, 4) is 0 Å². The summed E-state index contributed by atoms with van der Waals surface area (Å²) in [5, 5.41) is 3.40. The zero-order valence-electron chi connectivity index (χ0n) is 13.3. The number of hydrogen-bond donors (Lipinski definition) is 1. The summed E-state index contributed by atoms with van der Waals surface area (Å²) in [6.45, 7) is 15.2. The quantitative estimate of drug-likeness (QED) is 0.772. The summed E-state index contributed by atoms with van der Waals surface area (Å²) in [6, 6.07) is 2.08. The Morgan fingerprint density at radius 3 is 2.63 bits per heavy atom. The number of aryl methyl sites for hydroxylation is 1. The Kier molecular flexibility index (Phi) is 6.08. The van der Waals surface area contributed by atoms with Gasteiger partial charge in [-0.2, -0.15) is 0 Å². The van der Waals surface area contributed by atoms with E-state index in [0.717, 1.165) is 31.0 Å². The van der Waals surface area contributed by atoms with Gasteiger partial charge in [-0.15, -0.1) is 0 Å². The van der Waals surface area contributed by atoms with E-state index >= 15 is 0 Å². The number of hydrogen-bond acceptors (Lipinski definition) is 3. The van der Waals surface area contributed by atoms with Crippen LogP contribution in [0.25, 0.3) is 0 Å². The van der Waals surface area contributed by atoms with Gasteiger partial charge in [0, 0.05) is 0 Å². The molecule has 1 N–H and O–H groups in total. The number of furan rings is 1. The fraction of sp³-hybridized carbons (Fsp3) is 0.750. The number of rotatable bonds is 8. The Morgan fingerprint density at radius 1 is 1.37 bits per heavy atom. The second-order valence-electron chi connectivity index (χ2n) is 6.25. The first-order valence-electron chi connectivity index (χ1n) is 7.27. The average Bonchev–Trinajstić information content (AvgIpc) is 2.68. The molecular weight excluding hydrogens is 238 g/mol. The van der Waals surface area contributed by atoms with Crippen molar-refractivity contribution in [1.82, 2.24) is 5.32 Å². The molecule has 3 nitrogen and oxygen atoms in total. The van der Waals surface area contributed by atoms with Crippen molar-refractivity contribution in [3.05, 3.63) is 23.2 Å². The molecule has 110 valence electrons. The van der Waals surface area contributed by atoms with Crippen LogP contribution in [0.15, 0.2) is 10.5 Å². The monoisotopic (exact) mass is 267 g/mol. The zero-order chi connectivity index (χ0) is 14.5. The summed E-state index contributed by atoms with van der Waals surface area (Å²) in [5.74, 6) is 2.59. The Balaban J connectivity index is 2.49.